The Labute approximate surface area is 88.6 Å². The number of rotatable bonds is 1. The number of hydrogen-bond acceptors (Lipinski definition) is 3. The van der Waals surface area contributed by atoms with Crippen molar-refractivity contribution in [3.8, 4) is 0 Å². The van der Waals surface area contributed by atoms with Gasteiger partial charge in [-0.15, -0.1) is 0 Å². The summed E-state index contributed by atoms with van der Waals surface area (Å²) < 4.78 is 18.4. The van der Waals surface area contributed by atoms with Gasteiger partial charge >= 0.3 is 0 Å². The Balaban J connectivity index is 2.18. The number of anilines is 2. The van der Waals surface area contributed by atoms with E-state index >= 15 is 0 Å². The molecule has 0 bridgehead atoms. The molecular weight excluding hydrogens is 195 g/mol. The zero-order valence-electron chi connectivity index (χ0n) is 8.74. The predicted molar refractivity (Wildman–Crippen MR) is 58.4 cm³/mol. The summed E-state index contributed by atoms with van der Waals surface area (Å²) in [6.45, 7) is 4.39. The summed E-state index contributed by atoms with van der Waals surface area (Å²) in [4.78, 5) is 2.16. The molecule has 1 aliphatic rings. The van der Waals surface area contributed by atoms with Gasteiger partial charge in [0.1, 0.15) is 5.82 Å². The Morgan fingerprint density at radius 2 is 2.33 bits per heavy atom. The van der Waals surface area contributed by atoms with E-state index in [1.54, 1.807) is 12.1 Å². The highest BCUT2D eigenvalue weighted by Gasteiger charge is 2.17. The van der Waals surface area contributed by atoms with E-state index in [1.165, 1.54) is 6.07 Å². The molecular formula is C11H15FN2O. The topological polar surface area (TPSA) is 38.5 Å². The van der Waals surface area contributed by atoms with Crippen molar-refractivity contribution in [1.82, 2.24) is 0 Å². The first-order chi connectivity index (χ1) is 7.16. The largest absolute Gasteiger partial charge is 0.396 e. The highest BCUT2D eigenvalue weighted by molar-refractivity contribution is 5.56. The Morgan fingerprint density at radius 1 is 1.53 bits per heavy atom. The molecule has 0 radical (unpaired) electrons. The molecule has 0 aromatic heterocycles. The molecule has 4 heteroatoms. The highest BCUT2D eigenvalue weighted by atomic mass is 19.1. The lowest BCUT2D eigenvalue weighted by atomic mass is 10.2. The van der Waals surface area contributed by atoms with Gasteiger partial charge in [-0.05, 0) is 25.1 Å². The second-order valence-electron chi connectivity index (χ2n) is 3.83. The van der Waals surface area contributed by atoms with Crippen molar-refractivity contribution in [3.05, 3.63) is 24.0 Å². The zero-order chi connectivity index (χ0) is 10.8. The van der Waals surface area contributed by atoms with Crippen LogP contribution < -0.4 is 10.6 Å². The molecule has 15 heavy (non-hydrogen) atoms. The molecule has 1 aromatic rings. The molecule has 0 saturated carbocycles. The normalized spacial score (nSPS) is 21.7. The molecule has 1 heterocycles. The fraction of sp³-hybridized carbons (Fsp3) is 0.455. The molecule has 3 nitrogen and oxygen atoms in total. The van der Waals surface area contributed by atoms with Crippen LogP contribution >= 0.6 is 0 Å². The molecule has 0 unspecified atom stereocenters. The van der Waals surface area contributed by atoms with Crippen LogP contribution in [0.4, 0.5) is 15.8 Å². The summed E-state index contributed by atoms with van der Waals surface area (Å²) in [5, 5.41) is 0. The summed E-state index contributed by atoms with van der Waals surface area (Å²) in [5.41, 5.74) is 6.69. The van der Waals surface area contributed by atoms with Crippen LogP contribution in [0.15, 0.2) is 18.2 Å². The lowest BCUT2D eigenvalue weighted by Crippen LogP contribution is -2.41. The molecule has 1 aromatic carbocycles. The number of hydrogen-bond donors (Lipinski definition) is 1. The number of ether oxygens (including phenoxy) is 1. The van der Waals surface area contributed by atoms with Gasteiger partial charge in [0.15, 0.2) is 0 Å². The molecule has 82 valence electrons. The van der Waals surface area contributed by atoms with E-state index in [1.807, 2.05) is 6.92 Å². The molecule has 1 atom stereocenters. The van der Waals surface area contributed by atoms with Gasteiger partial charge in [-0.1, -0.05) is 0 Å². The monoisotopic (exact) mass is 210 g/mol. The van der Waals surface area contributed by atoms with E-state index in [2.05, 4.69) is 4.90 Å². The van der Waals surface area contributed by atoms with E-state index in [-0.39, 0.29) is 17.6 Å². The smallest absolute Gasteiger partial charge is 0.146 e. The van der Waals surface area contributed by atoms with E-state index in [0.717, 1.165) is 18.8 Å². The van der Waals surface area contributed by atoms with Crippen molar-refractivity contribution in [3.63, 3.8) is 0 Å². The van der Waals surface area contributed by atoms with Crippen molar-refractivity contribution in [2.45, 2.75) is 13.0 Å². The third-order valence-electron chi connectivity index (χ3n) is 2.59. The second kappa shape index (κ2) is 4.06. The highest BCUT2D eigenvalue weighted by Crippen LogP contribution is 2.22. The average molecular weight is 210 g/mol. The summed E-state index contributed by atoms with van der Waals surface area (Å²) in [6.07, 6.45) is 0.213. The second-order valence-corrected chi connectivity index (χ2v) is 3.83. The third-order valence-corrected chi connectivity index (χ3v) is 2.59. The molecule has 0 spiro atoms. The standard InChI is InChI=1S/C11H15FN2O/c1-8-7-14(4-5-15-8)9-2-3-10(12)11(13)6-9/h2-3,6,8H,4-5,7,13H2,1H3/t8-/m0/s1. The minimum Gasteiger partial charge on any atom is -0.396 e. The maximum Gasteiger partial charge on any atom is 0.146 e. The number of nitrogens with zero attached hydrogens (tertiary/aromatic N) is 1. The Bertz CT molecular complexity index is 356. The number of nitrogens with two attached hydrogens (primary N) is 1. The van der Waals surface area contributed by atoms with E-state index in [4.69, 9.17) is 10.5 Å². The number of nitrogen functional groups attached to an aromatic ring is 1. The van der Waals surface area contributed by atoms with E-state index < -0.39 is 0 Å². The van der Waals surface area contributed by atoms with Crippen LogP contribution in [0.2, 0.25) is 0 Å². The number of benzene rings is 1. The van der Waals surface area contributed by atoms with Gasteiger partial charge in [-0.25, -0.2) is 4.39 Å². The molecule has 1 saturated heterocycles. The van der Waals surface area contributed by atoms with Crippen molar-refractivity contribution < 1.29 is 9.13 Å². The number of morpholine rings is 1. The van der Waals surface area contributed by atoms with Crippen molar-refractivity contribution in [1.29, 1.82) is 0 Å². The fourth-order valence-electron chi connectivity index (χ4n) is 1.78. The average Bonchev–Trinajstić information content (AvgIpc) is 2.22. The maximum atomic E-state index is 13.0. The molecule has 1 fully saturated rings. The van der Waals surface area contributed by atoms with Crippen LogP contribution in [-0.4, -0.2) is 25.8 Å². The third kappa shape index (κ3) is 2.21. The Kier molecular flexibility index (Phi) is 2.77. The maximum absolute atomic E-state index is 13.0. The minimum absolute atomic E-state index is 0.201. The van der Waals surface area contributed by atoms with Crippen LogP contribution in [0.25, 0.3) is 0 Å². The van der Waals surface area contributed by atoms with Crippen LogP contribution in [0.1, 0.15) is 6.92 Å². The summed E-state index contributed by atoms with van der Waals surface area (Å²) in [6, 6.07) is 4.84. The lowest BCUT2D eigenvalue weighted by molar-refractivity contribution is 0.0532. The van der Waals surface area contributed by atoms with Gasteiger partial charge in [0.25, 0.3) is 0 Å². The van der Waals surface area contributed by atoms with Crippen molar-refractivity contribution in [2.75, 3.05) is 30.3 Å². The summed E-state index contributed by atoms with van der Waals surface area (Å²) in [7, 11) is 0. The molecule has 2 N–H and O–H groups in total. The quantitative estimate of drug-likeness (QED) is 0.716. The predicted octanol–water partition coefficient (Wildman–Crippen LogP) is 1.63. The zero-order valence-corrected chi connectivity index (χ0v) is 8.74. The first kappa shape index (κ1) is 10.2. The van der Waals surface area contributed by atoms with Crippen molar-refractivity contribution >= 4 is 11.4 Å². The van der Waals surface area contributed by atoms with Gasteiger partial charge in [0.05, 0.1) is 18.4 Å². The summed E-state index contributed by atoms with van der Waals surface area (Å²) >= 11 is 0. The van der Waals surface area contributed by atoms with Crippen LogP contribution in [0, 0.1) is 5.82 Å². The van der Waals surface area contributed by atoms with E-state index in [9.17, 15) is 4.39 Å². The van der Waals surface area contributed by atoms with Gasteiger partial charge in [-0.3, -0.25) is 0 Å². The fourth-order valence-corrected chi connectivity index (χ4v) is 1.78. The number of halogens is 1. The Morgan fingerprint density at radius 3 is 3.00 bits per heavy atom. The van der Waals surface area contributed by atoms with Gasteiger partial charge in [0.2, 0.25) is 0 Å². The molecule has 1 aliphatic heterocycles. The molecule has 0 amide bonds. The van der Waals surface area contributed by atoms with Gasteiger partial charge < -0.3 is 15.4 Å². The first-order valence-corrected chi connectivity index (χ1v) is 5.08. The molecule has 0 aliphatic carbocycles. The van der Waals surface area contributed by atoms with Crippen molar-refractivity contribution in [2.24, 2.45) is 0 Å². The SMILES string of the molecule is C[C@H]1CN(c2ccc(F)c(N)c2)CCO1. The molecule has 2 rings (SSSR count). The van der Waals surface area contributed by atoms with Crippen LogP contribution in [0.5, 0.6) is 0 Å². The first-order valence-electron chi connectivity index (χ1n) is 5.08. The van der Waals surface area contributed by atoms with E-state index in [0.29, 0.717) is 6.61 Å². The van der Waals surface area contributed by atoms with Crippen LogP contribution in [-0.2, 0) is 4.74 Å². The minimum atomic E-state index is -0.361. The lowest BCUT2D eigenvalue weighted by Gasteiger charge is -2.33. The van der Waals surface area contributed by atoms with Gasteiger partial charge in [-0.2, -0.15) is 0 Å². The van der Waals surface area contributed by atoms with Crippen LogP contribution in [0.3, 0.4) is 0 Å². The summed E-state index contributed by atoms with van der Waals surface area (Å²) in [5.74, 6) is -0.361. The van der Waals surface area contributed by atoms with Gasteiger partial charge in [0, 0.05) is 18.8 Å². The Hall–Kier alpha value is -1.29.